The Balaban J connectivity index is 2.26. The highest BCUT2D eigenvalue weighted by atomic mass is 19.4. The summed E-state index contributed by atoms with van der Waals surface area (Å²) in [6.07, 6.45) is -2.12. The largest absolute Gasteiger partial charge is 0.417 e. The van der Waals surface area contributed by atoms with Gasteiger partial charge in [-0.25, -0.2) is 0 Å². The standard InChI is InChI=1S/C13H13F3N2/c1-18(8-9-2-3-9)11-4-5-12(13(14,15)16)10(6-11)7-17/h4-6,9H,2-3,8H2,1H3. The third-order valence-electron chi connectivity index (χ3n) is 3.10. The number of hydrogen-bond donors (Lipinski definition) is 0. The van der Waals surface area contributed by atoms with E-state index in [1.54, 1.807) is 6.07 Å². The number of hydrogen-bond acceptors (Lipinski definition) is 2. The van der Waals surface area contributed by atoms with Crippen LogP contribution in [0.4, 0.5) is 18.9 Å². The van der Waals surface area contributed by atoms with E-state index in [-0.39, 0.29) is 5.56 Å². The van der Waals surface area contributed by atoms with Gasteiger partial charge in [-0.2, -0.15) is 18.4 Å². The van der Waals surface area contributed by atoms with Gasteiger partial charge in [-0.1, -0.05) is 0 Å². The minimum atomic E-state index is -4.47. The molecule has 0 bridgehead atoms. The third kappa shape index (κ3) is 2.76. The Labute approximate surface area is 104 Å². The predicted molar refractivity (Wildman–Crippen MR) is 62.2 cm³/mol. The van der Waals surface area contributed by atoms with E-state index in [0.29, 0.717) is 11.6 Å². The van der Waals surface area contributed by atoms with Crippen LogP contribution in [0, 0.1) is 17.2 Å². The van der Waals surface area contributed by atoms with Gasteiger partial charge in [0.25, 0.3) is 0 Å². The first-order valence-electron chi connectivity index (χ1n) is 5.74. The van der Waals surface area contributed by atoms with Crippen LogP contribution in [0.15, 0.2) is 18.2 Å². The minimum Gasteiger partial charge on any atom is -0.374 e. The van der Waals surface area contributed by atoms with Crippen molar-refractivity contribution < 1.29 is 13.2 Å². The van der Waals surface area contributed by atoms with Crippen LogP contribution in [0.2, 0.25) is 0 Å². The van der Waals surface area contributed by atoms with Crippen LogP contribution in [0.5, 0.6) is 0 Å². The number of nitriles is 1. The molecule has 1 aromatic carbocycles. The molecule has 2 nitrogen and oxygen atoms in total. The van der Waals surface area contributed by atoms with E-state index in [9.17, 15) is 13.2 Å². The Morgan fingerprint density at radius 3 is 2.56 bits per heavy atom. The molecule has 0 saturated heterocycles. The summed E-state index contributed by atoms with van der Waals surface area (Å²) in [6.45, 7) is 0.830. The molecule has 2 rings (SSSR count). The van der Waals surface area contributed by atoms with Gasteiger partial charge in [-0.15, -0.1) is 0 Å². The first kappa shape index (κ1) is 12.7. The fourth-order valence-electron chi connectivity index (χ4n) is 1.90. The highest BCUT2D eigenvalue weighted by molar-refractivity contribution is 5.55. The second kappa shape index (κ2) is 4.52. The average molecular weight is 254 g/mol. The van der Waals surface area contributed by atoms with Crippen molar-refractivity contribution in [3.05, 3.63) is 29.3 Å². The SMILES string of the molecule is CN(CC1CC1)c1ccc(C(F)(F)F)c(C#N)c1. The summed E-state index contributed by atoms with van der Waals surface area (Å²) in [5.41, 5.74) is -0.525. The smallest absolute Gasteiger partial charge is 0.374 e. The maximum atomic E-state index is 12.6. The van der Waals surface area contributed by atoms with Crippen LogP contribution in [-0.2, 0) is 6.18 Å². The Morgan fingerprint density at radius 2 is 2.06 bits per heavy atom. The summed E-state index contributed by atoms with van der Waals surface area (Å²) in [5.74, 6) is 0.642. The molecule has 1 aromatic rings. The van der Waals surface area contributed by atoms with Crippen LogP contribution in [0.1, 0.15) is 24.0 Å². The average Bonchev–Trinajstić information content (AvgIpc) is 3.10. The highest BCUT2D eigenvalue weighted by Crippen LogP contribution is 2.35. The number of nitrogens with zero attached hydrogens (tertiary/aromatic N) is 2. The number of rotatable bonds is 3. The molecular formula is C13H13F3N2. The maximum Gasteiger partial charge on any atom is 0.417 e. The molecule has 0 unspecified atom stereocenters. The van der Waals surface area contributed by atoms with Gasteiger partial charge in [-0.05, 0) is 37.0 Å². The van der Waals surface area contributed by atoms with Gasteiger partial charge >= 0.3 is 6.18 Å². The van der Waals surface area contributed by atoms with E-state index in [0.717, 1.165) is 12.6 Å². The van der Waals surface area contributed by atoms with Gasteiger partial charge in [0, 0.05) is 19.3 Å². The first-order valence-corrected chi connectivity index (χ1v) is 5.74. The first-order chi connectivity index (χ1) is 8.41. The van der Waals surface area contributed by atoms with Crippen molar-refractivity contribution in [1.82, 2.24) is 0 Å². The summed E-state index contributed by atoms with van der Waals surface area (Å²) in [5, 5.41) is 8.81. The molecule has 0 amide bonds. The Kier molecular flexibility index (Phi) is 3.20. The zero-order valence-electron chi connectivity index (χ0n) is 9.96. The Hall–Kier alpha value is -1.70. The fraction of sp³-hybridized carbons (Fsp3) is 0.462. The Morgan fingerprint density at radius 1 is 1.39 bits per heavy atom. The number of anilines is 1. The molecule has 0 heterocycles. The van der Waals surface area contributed by atoms with Crippen molar-refractivity contribution in [1.29, 1.82) is 5.26 Å². The Bertz CT molecular complexity index is 484. The predicted octanol–water partition coefficient (Wildman–Crippen LogP) is 3.42. The summed E-state index contributed by atoms with van der Waals surface area (Å²) in [7, 11) is 1.84. The van der Waals surface area contributed by atoms with Crippen molar-refractivity contribution in [2.45, 2.75) is 19.0 Å². The molecule has 1 fully saturated rings. The second-order valence-electron chi connectivity index (χ2n) is 4.66. The molecule has 18 heavy (non-hydrogen) atoms. The quantitative estimate of drug-likeness (QED) is 0.826. The second-order valence-corrected chi connectivity index (χ2v) is 4.66. The van der Waals surface area contributed by atoms with Crippen LogP contribution in [0.3, 0.4) is 0 Å². The van der Waals surface area contributed by atoms with Crippen molar-refractivity contribution in [3.8, 4) is 6.07 Å². The van der Waals surface area contributed by atoms with E-state index < -0.39 is 11.7 Å². The van der Waals surface area contributed by atoms with E-state index in [2.05, 4.69) is 0 Å². The van der Waals surface area contributed by atoms with Crippen molar-refractivity contribution in [3.63, 3.8) is 0 Å². The van der Waals surface area contributed by atoms with E-state index in [1.165, 1.54) is 25.0 Å². The minimum absolute atomic E-state index is 0.317. The lowest BCUT2D eigenvalue weighted by atomic mass is 10.1. The molecule has 0 aliphatic heterocycles. The normalized spacial score (nSPS) is 15.3. The maximum absolute atomic E-state index is 12.6. The number of halogens is 3. The molecule has 0 atom stereocenters. The summed E-state index contributed by atoms with van der Waals surface area (Å²) in [6, 6.07) is 5.34. The van der Waals surface area contributed by atoms with Crippen LogP contribution >= 0.6 is 0 Å². The van der Waals surface area contributed by atoms with Crippen LogP contribution in [-0.4, -0.2) is 13.6 Å². The van der Waals surface area contributed by atoms with Crippen molar-refractivity contribution in [2.75, 3.05) is 18.5 Å². The van der Waals surface area contributed by atoms with Crippen LogP contribution < -0.4 is 4.90 Å². The molecular weight excluding hydrogens is 241 g/mol. The van der Waals surface area contributed by atoms with Crippen molar-refractivity contribution >= 4 is 5.69 Å². The van der Waals surface area contributed by atoms with Gasteiger partial charge in [0.15, 0.2) is 0 Å². The molecule has 0 aromatic heterocycles. The fourth-order valence-corrected chi connectivity index (χ4v) is 1.90. The summed E-state index contributed by atoms with van der Waals surface area (Å²) < 4.78 is 37.9. The lowest BCUT2D eigenvalue weighted by Gasteiger charge is -2.20. The molecule has 5 heteroatoms. The third-order valence-corrected chi connectivity index (χ3v) is 3.10. The number of benzene rings is 1. The van der Waals surface area contributed by atoms with Gasteiger partial charge in [0.2, 0.25) is 0 Å². The molecule has 1 aliphatic rings. The summed E-state index contributed by atoms with van der Waals surface area (Å²) >= 11 is 0. The summed E-state index contributed by atoms with van der Waals surface area (Å²) in [4.78, 5) is 1.90. The van der Waals surface area contributed by atoms with E-state index >= 15 is 0 Å². The van der Waals surface area contributed by atoms with E-state index in [1.807, 2.05) is 11.9 Å². The topological polar surface area (TPSA) is 27.0 Å². The molecule has 0 N–H and O–H groups in total. The zero-order chi connectivity index (χ0) is 13.3. The zero-order valence-corrected chi connectivity index (χ0v) is 9.96. The highest BCUT2D eigenvalue weighted by Gasteiger charge is 2.33. The molecule has 96 valence electrons. The molecule has 0 radical (unpaired) electrons. The van der Waals surface area contributed by atoms with Gasteiger partial charge in [0.1, 0.15) is 0 Å². The lowest BCUT2D eigenvalue weighted by Crippen LogP contribution is -2.20. The molecule has 1 aliphatic carbocycles. The van der Waals surface area contributed by atoms with Crippen LogP contribution in [0.25, 0.3) is 0 Å². The van der Waals surface area contributed by atoms with E-state index in [4.69, 9.17) is 5.26 Å². The van der Waals surface area contributed by atoms with Crippen molar-refractivity contribution in [2.24, 2.45) is 5.92 Å². The van der Waals surface area contributed by atoms with Gasteiger partial charge < -0.3 is 4.90 Å². The lowest BCUT2D eigenvalue weighted by molar-refractivity contribution is -0.137. The van der Waals surface area contributed by atoms with Gasteiger partial charge in [0.05, 0.1) is 17.2 Å². The number of alkyl halides is 3. The molecule has 0 spiro atoms. The molecule has 1 saturated carbocycles. The monoisotopic (exact) mass is 254 g/mol. The van der Waals surface area contributed by atoms with Gasteiger partial charge in [-0.3, -0.25) is 0 Å².